The van der Waals surface area contributed by atoms with Crippen molar-refractivity contribution in [3.05, 3.63) is 125 Å². The van der Waals surface area contributed by atoms with Crippen LogP contribution in [0.3, 0.4) is 0 Å². The molecule has 4 aromatic rings. The van der Waals surface area contributed by atoms with Gasteiger partial charge in [-0.05, 0) is 30.5 Å². The first-order valence-corrected chi connectivity index (χ1v) is 14.1. The molecular weight excluding hydrogens is 534 g/mol. The zero-order chi connectivity index (χ0) is 29.4. The lowest BCUT2D eigenvalue weighted by Gasteiger charge is -2.35. The Kier molecular flexibility index (Phi) is 9.71. The zero-order valence-corrected chi connectivity index (χ0v) is 23.9. The third-order valence-corrected chi connectivity index (χ3v) is 7.40. The molecular formula is C34H37NO7. The van der Waals surface area contributed by atoms with Gasteiger partial charge in [-0.2, -0.15) is 0 Å². The molecule has 1 aromatic heterocycles. The molecule has 3 aromatic carbocycles. The first-order valence-electron chi connectivity index (χ1n) is 14.1. The molecule has 1 aliphatic heterocycles. The van der Waals surface area contributed by atoms with E-state index in [0.29, 0.717) is 25.4 Å². The van der Waals surface area contributed by atoms with Gasteiger partial charge < -0.3 is 33.8 Å². The second-order valence-corrected chi connectivity index (χ2v) is 10.4. The molecule has 220 valence electrons. The first-order chi connectivity index (χ1) is 20.5. The lowest BCUT2D eigenvalue weighted by molar-refractivity contribution is -0.147. The van der Waals surface area contributed by atoms with Gasteiger partial charge in [0.15, 0.2) is 0 Å². The van der Waals surface area contributed by atoms with E-state index in [1.54, 1.807) is 6.92 Å². The van der Waals surface area contributed by atoms with Crippen LogP contribution in [0.4, 0.5) is 5.69 Å². The third kappa shape index (κ3) is 6.74. The lowest BCUT2D eigenvalue weighted by atomic mass is 9.88. The minimum Gasteiger partial charge on any atom is -0.460 e. The average molecular weight is 572 g/mol. The van der Waals surface area contributed by atoms with Crippen molar-refractivity contribution in [2.24, 2.45) is 0 Å². The highest BCUT2D eigenvalue weighted by Gasteiger charge is 2.57. The maximum atomic E-state index is 12.5. The maximum Gasteiger partial charge on any atom is 0.376 e. The molecule has 0 amide bonds. The molecule has 0 bridgehead atoms. The van der Waals surface area contributed by atoms with E-state index in [9.17, 15) is 4.79 Å². The predicted molar refractivity (Wildman–Crippen MR) is 157 cm³/mol. The van der Waals surface area contributed by atoms with Crippen molar-refractivity contribution in [3.8, 4) is 0 Å². The quantitative estimate of drug-likeness (QED) is 0.188. The van der Waals surface area contributed by atoms with Crippen molar-refractivity contribution >= 4 is 11.7 Å². The SMILES string of the molecule is CCOC(=O)c1occ(C2OC(COCc3ccccc3)C(OCc3ccccc3)C2(C)OCc2ccccc2)c1N. The molecule has 2 heterocycles. The van der Waals surface area contributed by atoms with E-state index in [2.05, 4.69) is 0 Å². The molecule has 1 aliphatic rings. The molecule has 0 radical (unpaired) electrons. The number of ether oxygens (including phenoxy) is 5. The smallest absolute Gasteiger partial charge is 0.376 e. The fraction of sp³-hybridized carbons (Fsp3) is 0.324. The summed E-state index contributed by atoms with van der Waals surface area (Å²) in [5, 5.41) is 0. The summed E-state index contributed by atoms with van der Waals surface area (Å²) >= 11 is 0. The van der Waals surface area contributed by atoms with E-state index in [1.165, 1.54) is 6.26 Å². The Bertz CT molecular complexity index is 1410. The van der Waals surface area contributed by atoms with Crippen molar-refractivity contribution in [2.45, 2.75) is 57.6 Å². The molecule has 0 saturated carbocycles. The summed E-state index contributed by atoms with van der Waals surface area (Å²) < 4.78 is 36.8. The van der Waals surface area contributed by atoms with Crippen LogP contribution in [0.2, 0.25) is 0 Å². The van der Waals surface area contributed by atoms with Crippen molar-refractivity contribution in [1.29, 1.82) is 0 Å². The monoisotopic (exact) mass is 571 g/mol. The Balaban J connectivity index is 1.46. The van der Waals surface area contributed by atoms with Gasteiger partial charge in [-0.1, -0.05) is 91.0 Å². The number of benzene rings is 3. The van der Waals surface area contributed by atoms with E-state index in [0.717, 1.165) is 16.7 Å². The molecule has 8 heteroatoms. The van der Waals surface area contributed by atoms with Gasteiger partial charge in [0.05, 0.1) is 45.0 Å². The Morgan fingerprint density at radius 2 is 1.43 bits per heavy atom. The number of anilines is 1. The van der Waals surface area contributed by atoms with Gasteiger partial charge in [0.2, 0.25) is 5.76 Å². The van der Waals surface area contributed by atoms with E-state index < -0.39 is 29.9 Å². The summed E-state index contributed by atoms with van der Waals surface area (Å²) in [5.41, 5.74) is 9.15. The number of hydrogen-bond acceptors (Lipinski definition) is 8. The van der Waals surface area contributed by atoms with Gasteiger partial charge in [0, 0.05) is 5.56 Å². The fourth-order valence-electron chi connectivity index (χ4n) is 5.22. The number of esters is 1. The van der Waals surface area contributed by atoms with Crippen molar-refractivity contribution < 1.29 is 32.9 Å². The van der Waals surface area contributed by atoms with Gasteiger partial charge in [-0.3, -0.25) is 0 Å². The van der Waals surface area contributed by atoms with Gasteiger partial charge in [0.1, 0.15) is 23.9 Å². The van der Waals surface area contributed by atoms with E-state index in [1.807, 2.05) is 97.9 Å². The Labute approximate surface area is 246 Å². The van der Waals surface area contributed by atoms with Gasteiger partial charge in [0.25, 0.3) is 0 Å². The second-order valence-electron chi connectivity index (χ2n) is 10.4. The van der Waals surface area contributed by atoms with Crippen LogP contribution in [0.15, 0.2) is 102 Å². The molecule has 8 nitrogen and oxygen atoms in total. The second kappa shape index (κ2) is 13.8. The molecule has 0 aliphatic carbocycles. The fourth-order valence-corrected chi connectivity index (χ4v) is 5.22. The van der Waals surface area contributed by atoms with Crippen molar-refractivity contribution in [2.75, 3.05) is 18.9 Å². The van der Waals surface area contributed by atoms with Crippen LogP contribution < -0.4 is 5.73 Å². The summed E-state index contributed by atoms with van der Waals surface area (Å²) in [6.07, 6.45) is -0.344. The standard InChI is InChI=1S/C34H37NO7/c1-3-38-33(36)30-29(35)27(22-39-30)31-34(2,41-21-26-17-11-6-12-18-26)32(40-20-25-15-9-5-10-16-25)28(42-31)23-37-19-24-13-7-4-8-14-24/h4-18,22,28,31-32H,3,19-21,23,35H2,1-2H3. The molecule has 5 rings (SSSR count). The Morgan fingerprint density at radius 1 is 0.857 bits per heavy atom. The van der Waals surface area contributed by atoms with Crippen LogP contribution in [0.1, 0.15) is 52.8 Å². The minimum atomic E-state index is -1.03. The van der Waals surface area contributed by atoms with Gasteiger partial charge in [-0.25, -0.2) is 4.79 Å². The number of hydrogen-bond donors (Lipinski definition) is 1. The van der Waals surface area contributed by atoms with E-state index in [4.69, 9.17) is 33.8 Å². The molecule has 1 fully saturated rings. The topological polar surface area (TPSA) is 102 Å². The molecule has 4 atom stereocenters. The summed E-state index contributed by atoms with van der Waals surface area (Å²) in [4.78, 5) is 12.5. The maximum absolute atomic E-state index is 12.5. The zero-order valence-electron chi connectivity index (χ0n) is 23.9. The van der Waals surface area contributed by atoms with Gasteiger partial charge in [-0.15, -0.1) is 0 Å². The molecule has 0 spiro atoms. The van der Waals surface area contributed by atoms with Crippen LogP contribution in [-0.4, -0.2) is 37.0 Å². The summed E-state index contributed by atoms with van der Waals surface area (Å²) in [6, 6.07) is 29.8. The molecule has 42 heavy (non-hydrogen) atoms. The van der Waals surface area contributed by atoms with Crippen molar-refractivity contribution in [3.63, 3.8) is 0 Å². The number of nitrogens with two attached hydrogens (primary N) is 1. The van der Waals surface area contributed by atoms with E-state index in [-0.39, 0.29) is 24.7 Å². The summed E-state index contributed by atoms with van der Waals surface area (Å²) in [6.45, 7) is 5.18. The summed E-state index contributed by atoms with van der Waals surface area (Å²) in [7, 11) is 0. The van der Waals surface area contributed by atoms with Crippen LogP contribution in [0.25, 0.3) is 0 Å². The lowest BCUT2D eigenvalue weighted by Crippen LogP contribution is -2.47. The average Bonchev–Trinajstić information content (AvgIpc) is 3.53. The molecule has 1 saturated heterocycles. The highest BCUT2D eigenvalue weighted by atomic mass is 16.6. The van der Waals surface area contributed by atoms with E-state index >= 15 is 0 Å². The Hall–Kier alpha value is -3.95. The Morgan fingerprint density at radius 3 is 2.02 bits per heavy atom. The van der Waals surface area contributed by atoms with Crippen molar-refractivity contribution in [1.82, 2.24) is 0 Å². The van der Waals surface area contributed by atoms with Gasteiger partial charge >= 0.3 is 5.97 Å². The number of nitrogen functional groups attached to an aromatic ring is 1. The molecule has 2 N–H and O–H groups in total. The van der Waals surface area contributed by atoms with Crippen LogP contribution >= 0.6 is 0 Å². The number of carbonyl (C=O) groups excluding carboxylic acids is 1. The number of carbonyl (C=O) groups is 1. The van der Waals surface area contributed by atoms with Crippen LogP contribution in [0.5, 0.6) is 0 Å². The number of rotatable bonds is 13. The highest BCUT2D eigenvalue weighted by Crippen LogP contribution is 2.49. The van der Waals surface area contributed by atoms with Crippen LogP contribution in [-0.2, 0) is 43.5 Å². The number of furan rings is 1. The highest BCUT2D eigenvalue weighted by molar-refractivity contribution is 5.92. The van der Waals surface area contributed by atoms with Crippen LogP contribution in [0, 0.1) is 0 Å². The predicted octanol–water partition coefficient (Wildman–Crippen LogP) is 6.26. The molecule has 4 unspecified atom stereocenters. The summed E-state index contributed by atoms with van der Waals surface area (Å²) in [5.74, 6) is -0.697. The minimum absolute atomic E-state index is 0.0635. The normalized spacial score (nSPS) is 21.8. The third-order valence-electron chi connectivity index (χ3n) is 7.40. The largest absolute Gasteiger partial charge is 0.460 e. The first kappa shape index (κ1) is 29.5.